The van der Waals surface area contributed by atoms with Crippen molar-refractivity contribution in [3.05, 3.63) is 124 Å². The van der Waals surface area contributed by atoms with Gasteiger partial charge in [-0.2, -0.15) is 0 Å². The van der Waals surface area contributed by atoms with Gasteiger partial charge in [-0.05, 0) is 78.9 Å². The molecule has 0 saturated carbocycles. The van der Waals surface area contributed by atoms with Crippen LogP contribution in [0.1, 0.15) is 47.9 Å². The molecule has 2 amide bonds. The van der Waals surface area contributed by atoms with Crippen molar-refractivity contribution in [1.82, 2.24) is 0 Å². The van der Waals surface area contributed by atoms with Crippen LogP contribution in [0.15, 0.2) is 107 Å². The van der Waals surface area contributed by atoms with Crippen LogP contribution in [0.4, 0.5) is 5.69 Å². The Labute approximate surface area is 244 Å². The van der Waals surface area contributed by atoms with Gasteiger partial charge in [0.1, 0.15) is 0 Å². The number of ether oxygens (including phenoxy) is 1. The maximum absolute atomic E-state index is 13.3. The summed E-state index contributed by atoms with van der Waals surface area (Å²) < 4.78 is 5.50. The number of Topliss-reactive ketones (excluding diaryl/α,β-unsaturated/α-hetero) is 1. The third-order valence-electron chi connectivity index (χ3n) is 6.24. The average molecular weight is 590 g/mol. The molecule has 1 aliphatic heterocycles. The number of halogens is 2. The van der Waals surface area contributed by atoms with Crippen LogP contribution in [0.5, 0.6) is 0 Å². The molecule has 0 N–H and O–H groups in total. The standard InChI is InChI=1S/C31H21Cl2NO5S/c32-17-16-27(28(35)19-6-9-21(33)10-7-19)39-31(38)20-8-15-25-26(18-20)30(37)34(29(25)36)22-11-13-24(14-12-22)40-23-4-2-1-3-5-23/h1-15,18,27H,16-17H2. The van der Waals surface area contributed by atoms with Crippen molar-refractivity contribution in [2.45, 2.75) is 22.3 Å². The zero-order valence-corrected chi connectivity index (χ0v) is 23.2. The Morgan fingerprint density at radius 3 is 2.08 bits per heavy atom. The molecule has 0 saturated heterocycles. The highest BCUT2D eigenvalue weighted by atomic mass is 35.5. The average Bonchev–Trinajstić information content (AvgIpc) is 3.22. The van der Waals surface area contributed by atoms with Gasteiger partial charge in [-0.3, -0.25) is 14.4 Å². The fourth-order valence-corrected chi connectivity index (χ4v) is 5.39. The van der Waals surface area contributed by atoms with Crippen molar-refractivity contribution in [3.8, 4) is 0 Å². The van der Waals surface area contributed by atoms with Gasteiger partial charge in [0.15, 0.2) is 6.10 Å². The number of carbonyl (C=O) groups is 4. The van der Waals surface area contributed by atoms with Crippen LogP contribution in [0.2, 0.25) is 5.02 Å². The fourth-order valence-electron chi connectivity index (χ4n) is 4.23. The summed E-state index contributed by atoms with van der Waals surface area (Å²) in [5, 5.41) is 0.468. The van der Waals surface area contributed by atoms with Crippen LogP contribution in [-0.4, -0.2) is 35.6 Å². The molecule has 4 aromatic rings. The number of hydrogen-bond donors (Lipinski definition) is 0. The van der Waals surface area contributed by atoms with Crippen molar-refractivity contribution >= 4 is 64.2 Å². The lowest BCUT2D eigenvalue weighted by atomic mass is 10.0. The highest BCUT2D eigenvalue weighted by Gasteiger charge is 2.37. The molecule has 0 bridgehead atoms. The molecule has 1 heterocycles. The molecule has 9 heteroatoms. The molecule has 4 aromatic carbocycles. The number of fused-ring (bicyclic) bond motifs is 1. The van der Waals surface area contributed by atoms with E-state index in [0.717, 1.165) is 14.7 Å². The Morgan fingerprint density at radius 1 is 0.775 bits per heavy atom. The van der Waals surface area contributed by atoms with Gasteiger partial charge in [-0.25, -0.2) is 9.69 Å². The van der Waals surface area contributed by atoms with Crippen LogP contribution < -0.4 is 4.90 Å². The number of hydrogen-bond acceptors (Lipinski definition) is 6. The summed E-state index contributed by atoms with van der Waals surface area (Å²) in [6.07, 6.45) is -1.02. The van der Waals surface area contributed by atoms with Gasteiger partial charge in [-0.1, -0.05) is 41.6 Å². The second kappa shape index (κ2) is 12.1. The Morgan fingerprint density at radius 2 is 1.40 bits per heavy atom. The van der Waals surface area contributed by atoms with E-state index in [0.29, 0.717) is 16.3 Å². The van der Waals surface area contributed by atoms with Gasteiger partial charge >= 0.3 is 5.97 Å². The normalized spacial score (nSPS) is 13.2. The number of amides is 2. The number of nitrogens with zero attached hydrogens (tertiary/aromatic N) is 1. The first kappa shape index (κ1) is 27.6. The van der Waals surface area contributed by atoms with E-state index in [-0.39, 0.29) is 29.0 Å². The van der Waals surface area contributed by atoms with Crippen LogP contribution >= 0.6 is 35.0 Å². The topological polar surface area (TPSA) is 80.8 Å². The smallest absolute Gasteiger partial charge is 0.338 e. The maximum Gasteiger partial charge on any atom is 0.338 e. The number of alkyl halides is 1. The van der Waals surface area contributed by atoms with E-state index in [1.807, 2.05) is 42.5 Å². The molecule has 1 atom stereocenters. The zero-order valence-electron chi connectivity index (χ0n) is 20.9. The SMILES string of the molecule is O=C(OC(CCCl)C(=O)c1ccc(Cl)cc1)c1ccc2c(c1)C(=O)N(c1ccc(Sc3ccccc3)cc1)C2=O. The first-order valence-electron chi connectivity index (χ1n) is 12.3. The van der Waals surface area contributed by atoms with Crippen LogP contribution in [0, 0.1) is 0 Å². The largest absolute Gasteiger partial charge is 0.450 e. The monoisotopic (exact) mass is 589 g/mol. The third kappa shape index (κ3) is 5.82. The fraction of sp³-hybridized carbons (Fsp3) is 0.0968. The van der Waals surface area contributed by atoms with Crippen molar-refractivity contribution in [3.63, 3.8) is 0 Å². The number of rotatable bonds is 9. The molecule has 5 rings (SSSR count). The minimum atomic E-state index is -1.12. The van der Waals surface area contributed by atoms with Crippen molar-refractivity contribution in [2.75, 3.05) is 10.8 Å². The van der Waals surface area contributed by atoms with Crippen LogP contribution in [0.25, 0.3) is 0 Å². The van der Waals surface area contributed by atoms with Gasteiger partial charge in [0.05, 0.1) is 22.4 Å². The predicted octanol–water partition coefficient (Wildman–Crippen LogP) is 7.33. The molecule has 1 aliphatic rings. The molecule has 0 aromatic heterocycles. The first-order valence-corrected chi connectivity index (χ1v) is 14.0. The van der Waals surface area contributed by atoms with E-state index in [9.17, 15) is 19.2 Å². The van der Waals surface area contributed by atoms with E-state index >= 15 is 0 Å². The number of benzene rings is 4. The number of anilines is 1. The van der Waals surface area contributed by atoms with Gasteiger partial charge in [0, 0.05) is 32.7 Å². The lowest BCUT2D eigenvalue weighted by Gasteiger charge is -2.16. The number of carbonyl (C=O) groups excluding carboxylic acids is 4. The van der Waals surface area contributed by atoms with Gasteiger partial charge in [0.2, 0.25) is 5.78 Å². The summed E-state index contributed by atoms with van der Waals surface area (Å²) in [5.74, 6) is -2.17. The second-order valence-corrected chi connectivity index (χ2v) is 10.8. The van der Waals surface area contributed by atoms with Crippen molar-refractivity contribution in [1.29, 1.82) is 0 Å². The molecule has 0 radical (unpaired) electrons. The molecular formula is C31H21Cl2NO5S. The van der Waals surface area contributed by atoms with E-state index < -0.39 is 29.7 Å². The lowest BCUT2D eigenvalue weighted by molar-refractivity contribution is 0.0278. The number of esters is 1. The molecular weight excluding hydrogens is 569 g/mol. The minimum Gasteiger partial charge on any atom is -0.450 e. The Kier molecular flexibility index (Phi) is 8.35. The second-order valence-electron chi connectivity index (χ2n) is 8.86. The highest BCUT2D eigenvalue weighted by Crippen LogP contribution is 2.33. The molecule has 0 aliphatic carbocycles. The summed E-state index contributed by atoms with van der Waals surface area (Å²) in [7, 11) is 0. The van der Waals surface area contributed by atoms with Crippen LogP contribution in [-0.2, 0) is 4.74 Å². The third-order valence-corrected chi connectivity index (χ3v) is 7.72. The summed E-state index contributed by atoms with van der Waals surface area (Å²) in [4.78, 5) is 55.4. The molecule has 6 nitrogen and oxygen atoms in total. The summed E-state index contributed by atoms with van der Waals surface area (Å²) in [6, 6.07) is 27.3. The van der Waals surface area contributed by atoms with E-state index in [1.54, 1.807) is 48.2 Å². The van der Waals surface area contributed by atoms with Crippen LogP contribution in [0.3, 0.4) is 0 Å². The Bertz CT molecular complexity index is 1590. The quantitative estimate of drug-likeness (QED) is 0.0879. The van der Waals surface area contributed by atoms with Gasteiger partial charge in [-0.15, -0.1) is 11.6 Å². The van der Waals surface area contributed by atoms with Gasteiger partial charge < -0.3 is 4.74 Å². The molecule has 0 fully saturated rings. The summed E-state index contributed by atoms with van der Waals surface area (Å²) in [6.45, 7) is 0. The number of ketones is 1. The maximum atomic E-state index is 13.3. The number of imide groups is 1. The lowest BCUT2D eigenvalue weighted by Crippen LogP contribution is -2.29. The molecule has 200 valence electrons. The highest BCUT2D eigenvalue weighted by molar-refractivity contribution is 7.99. The van der Waals surface area contributed by atoms with Gasteiger partial charge in [0.25, 0.3) is 11.8 Å². The molecule has 40 heavy (non-hydrogen) atoms. The first-order chi connectivity index (χ1) is 19.4. The Hall–Kier alpha value is -3.91. The Balaban J connectivity index is 1.32. The van der Waals surface area contributed by atoms with E-state index in [1.165, 1.54) is 18.2 Å². The summed E-state index contributed by atoms with van der Waals surface area (Å²) >= 11 is 13.3. The van der Waals surface area contributed by atoms with E-state index in [2.05, 4.69) is 0 Å². The zero-order chi connectivity index (χ0) is 28.2. The predicted molar refractivity (Wildman–Crippen MR) is 155 cm³/mol. The molecule has 0 spiro atoms. The molecule has 1 unspecified atom stereocenters. The van der Waals surface area contributed by atoms with E-state index in [4.69, 9.17) is 27.9 Å². The van der Waals surface area contributed by atoms with Crippen molar-refractivity contribution < 1.29 is 23.9 Å². The summed E-state index contributed by atoms with van der Waals surface area (Å²) in [5.41, 5.74) is 1.05. The minimum absolute atomic E-state index is 0.0415. The van der Waals surface area contributed by atoms with Crippen molar-refractivity contribution in [2.24, 2.45) is 0 Å².